The van der Waals surface area contributed by atoms with E-state index in [1.165, 1.54) is 29.7 Å². The van der Waals surface area contributed by atoms with Crippen LogP contribution in [-0.2, 0) is 0 Å². The third-order valence-corrected chi connectivity index (χ3v) is 5.51. The van der Waals surface area contributed by atoms with Crippen LogP contribution in [0.25, 0.3) is 11.3 Å². The van der Waals surface area contributed by atoms with Gasteiger partial charge in [0.1, 0.15) is 0 Å². The summed E-state index contributed by atoms with van der Waals surface area (Å²) in [5, 5.41) is 35.8. The van der Waals surface area contributed by atoms with Gasteiger partial charge in [0.2, 0.25) is 10.6 Å². The number of hydrogen-bond acceptors (Lipinski definition) is 7. The lowest BCUT2D eigenvalue weighted by Gasteiger charge is -2.06. The number of hydrogen-bond donors (Lipinski definition) is 3. The summed E-state index contributed by atoms with van der Waals surface area (Å²) in [6.07, 6.45) is 4.72. The number of phenolic OH excluding ortho intramolecular Hbond substituents is 3. The number of halogens is 1. The van der Waals surface area contributed by atoms with Gasteiger partial charge in [0, 0.05) is 27.2 Å². The van der Waals surface area contributed by atoms with Gasteiger partial charge in [0.15, 0.2) is 11.5 Å². The van der Waals surface area contributed by atoms with Crippen LogP contribution in [0.5, 0.6) is 17.2 Å². The smallest absolute Gasteiger partial charge is 0.211 e. The van der Waals surface area contributed by atoms with Crippen molar-refractivity contribution in [3.8, 4) is 28.5 Å². The van der Waals surface area contributed by atoms with Crippen molar-refractivity contribution < 1.29 is 15.3 Å². The topological polar surface area (TPSA) is 103 Å². The van der Waals surface area contributed by atoms with Crippen LogP contribution in [0.2, 0.25) is 0 Å². The third-order valence-electron chi connectivity index (χ3n) is 4.17. The van der Waals surface area contributed by atoms with E-state index in [1.807, 2.05) is 35.7 Å². The van der Waals surface area contributed by atoms with E-state index in [4.69, 9.17) is 0 Å². The molecular weight excluding hydrogens is 468 g/mol. The molecule has 0 saturated heterocycles. The van der Waals surface area contributed by atoms with Gasteiger partial charge in [0.05, 0.1) is 23.8 Å². The van der Waals surface area contributed by atoms with E-state index < -0.39 is 17.2 Å². The fourth-order valence-corrected chi connectivity index (χ4v) is 3.77. The highest BCUT2D eigenvalue weighted by atomic mass is 79.9. The average Bonchev–Trinajstić information content (AvgIpc) is 3.15. The number of benzene rings is 2. The monoisotopic (exact) mass is 482 g/mol. The minimum atomic E-state index is -0.595. The zero-order valence-corrected chi connectivity index (χ0v) is 17.7. The van der Waals surface area contributed by atoms with E-state index >= 15 is 0 Å². The van der Waals surface area contributed by atoms with Crippen LogP contribution in [0, 0.1) is 0 Å². The van der Waals surface area contributed by atoms with Gasteiger partial charge < -0.3 is 15.3 Å². The molecule has 2 aromatic carbocycles. The first kappa shape index (κ1) is 19.9. The molecule has 0 unspecified atom stereocenters. The number of phenols is 3. The van der Waals surface area contributed by atoms with Crippen molar-refractivity contribution in [2.45, 2.75) is 0 Å². The first-order valence-electron chi connectivity index (χ1n) is 8.72. The van der Waals surface area contributed by atoms with Crippen LogP contribution in [0.1, 0.15) is 5.56 Å². The largest absolute Gasteiger partial charge is 0.504 e. The maximum Gasteiger partial charge on any atom is 0.211 e. The Morgan fingerprint density at radius 1 is 1.00 bits per heavy atom. The summed E-state index contributed by atoms with van der Waals surface area (Å²) in [6.45, 7) is 0. The van der Waals surface area contributed by atoms with Crippen LogP contribution in [0.15, 0.2) is 80.9 Å². The van der Waals surface area contributed by atoms with Gasteiger partial charge >= 0.3 is 0 Å². The van der Waals surface area contributed by atoms with E-state index in [9.17, 15) is 15.3 Å². The maximum absolute atomic E-state index is 10.1. The summed E-state index contributed by atoms with van der Waals surface area (Å²) >= 11 is 4.84. The third kappa shape index (κ3) is 4.12. The highest BCUT2D eigenvalue weighted by Gasteiger charge is 2.11. The number of aromatic hydroxyl groups is 3. The Kier molecular flexibility index (Phi) is 5.64. The van der Waals surface area contributed by atoms with E-state index in [0.717, 1.165) is 15.7 Å². The zero-order valence-electron chi connectivity index (χ0n) is 15.3. The summed E-state index contributed by atoms with van der Waals surface area (Å²) < 4.78 is 2.60. The quantitative estimate of drug-likeness (QED) is 0.292. The molecule has 0 spiro atoms. The summed E-state index contributed by atoms with van der Waals surface area (Å²) in [7, 11) is 0. The molecule has 9 heteroatoms. The standard InChI is InChI=1S/C21H15BrN4O3S/c22-15-6-3-13(4-7-15)17-12-30-21(25-16-2-1-9-23-11-16)26(17)24-10-14-5-8-18(27)20(29)19(14)28/h1-12,27-29H. The van der Waals surface area contributed by atoms with Crippen LogP contribution >= 0.6 is 27.3 Å². The van der Waals surface area contributed by atoms with Crippen LogP contribution in [-0.4, -0.2) is 31.2 Å². The number of aromatic nitrogens is 2. The van der Waals surface area contributed by atoms with E-state index in [2.05, 4.69) is 31.0 Å². The molecule has 2 aromatic heterocycles. The Hall–Kier alpha value is -3.43. The molecule has 3 N–H and O–H groups in total. The lowest BCUT2D eigenvalue weighted by atomic mass is 10.2. The van der Waals surface area contributed by atoms with Gasteiger partial charge in [-0.15, -0.1) is 11.3 Å². The van der Waals surface area contributed by atoms with Gasteiger partial charge in [-0.1, -0.05) is 28.1 Å². The molecule has 0 bridgehead atoms. The predicted octanol–water partition coefficient (Wildman–Crippen LogP) is 4.61. The molecule has 150 valence electrons. The van der Waals surface area contributed by atoms with Crippen molar-refractivity contribution >= 4 is 39.2 Å². The van der Waals surface area contributed by atoms with Gasteiger partial charge in [-0.05, 0) is 36.4 Å². The SMILES string of the molecule is Oc1ccc(C=Nn2c(-c3ccc(Br)cc3)csc2=Nc2cccnc2)c(O)c1O. The number of nitrogens with zero attached hydrogens (tertiary/aromatic N) is 4. The van der Waals surface area contributed by atoms with Crippen LogP contribution < -0.4 is 4.80 Å². The summed E-state index contributed by atoms with van der Waals surface area (Å²) in [5.74, 6) is -1.45. The molecule has 0 atom stereocenters. The van der Waals surface area contributed by atoms with Crippen molar-refractivity contribution in [3.05, 3.63) is 81.1 Å². The van der Waals surface area contributed by atoms with Crippen molar-refractivity contribution in [2.75, 3.05) is 0 Å². The minimum Gasteiger partial charge on any atom is -0.504 e. The molecule has 0 fully saturated rings. The molecule has 0 aliphatic rings. The Labute approximate surface area is 183 Å². The van der Waals surface area contributed by atoms with E-state index in [-0.39, 0.29) is 5.56 Å². The van der Waals surface area contributed by atoms with Crippen molar-refractivity contribution in [2.24, 2.45) is 10.1 Å². The summed E-state index contributed by atoms with van der Waals surface area (Å²) in [5.41, 5.74) is 2.65. The Morgan fingerprint density at radius 3 is 2.53 bits per heavy atom. The van der Waals surface area contributed by atoms with Crippen molar-refractivity contribution in [3.63, 3.8) is 0 Å². The molecule has 4 aromatic rings. The Balaban J connectivity index is 1.85. The molecule has 2 heterocycles. The molecule has 0 aliphatic heterocycles. The van der Waals surface area contributed by atoms with Gasteiger partial charge in [0.25, 0.3) is 0 Å². The molecule has 0 saturated carbocycles. The summed E-state index contributed by atoms with van der Waals surface area (Å²) in [6, 6.07) is 14.2. The lowest BCUT2D eigenvalue weighted by molar-refractivity contribution is 0.367. The van der Waals surface area contributed by atoms with Crippen molar-refractivity contribution in [1.29, 1.82) is 0 Å². The number of pyridine rings is 1. The average molecular weight is 483 g/mol. The highest BCUT2D eigenvalue weighted by molar-refractivity contribution is 9.10. The highest BCUT2D eigenvalue weighted by Crippen LogP contribution is 2.36. The fraction of sp³-hybridized carbons (Fsp3) is 0. The van der Waals surface area contributed by atoms with E-state index in [0.29, 0.717) is 10.5 Å². The number of thiazole rings is 1. The molecule has 0 aliphatic carbocycles. The minimum absolute atomic E-state index is 0.248. The molecule has 4 rings (SSSR count). The van der Waals surface area contributed by atoms with Crippen molar-refractivity contribution in [1.82, 2.24) is 9.66 Å². The van der Waals surface area contributed by atoms with Gasteiger partial charge in [-0.3, -0.25) is 4.98 Å². The second-order valence-corrected chi connectivity index (χ2v) is 7.91. The molecule has 30 heavy (non-hydrogen) atoms. The molecule has 7 nitrogen and oxygen atoms in total. The van der Waals surface area contributed by atoms with Crippen LogP contribution in [0.4, 0.5) is 5.69 Å². The molecular formula is C21H15BrN4O3S. The second-order valence-electron chi connectivity index (χ2n) is 6.16. The Bertz CT molecular complexity index is 1280. The fourth-order valence-electron chi connectivity index (χ4n) is 2.65. The maximum atomic E-state index is 10.1. The lowest BCUT2D eigenvalue weighted by Crippen LogP contribution is -2.11. The van der Waals surface area contributed by atoms with Gasteiger partial charge in [-0.25, -0.2) is 9.67 Å². The zero-order chi connectivity index (χ0) is 21.1. The predicted molar refractivity (Wildman–Crippen MR) is 119 cm³/mol. The first-order valence-corrected chi connectivity index (χ1v) is 10.4. The molecule has 0 amide bonds. The summed E-state index contributed by atoms with van der Waals surface area (Å²) in [4.78, 5) is 9.29. The van der Waals surface area contributed by atoms with Crippen LogP contribution in [0.3, 0.4) is 0 Å². The van der Waals surface area contributed by atoms with Gasteiger partial charge in [-0.2, -0.15) is 5.10 Å². The number of rotatable bonds is 4. The Morgan fingerprint density at radius 2 is 1.80 bits per heavy atom. The molecule has 0 radical (unpaired) electrons. The second kappa shape index (κ2) is 8.52. The first-order chi connectivity index (χ1) is 14.5. The normalized spacial score (nSPS) is 12.0. The van der Waals surface area contributed by atoms with E-state index in [1.54, 1.807) is 23.1 Å².